The highest BCUT2D eigenvalue weighted by Gasteiger charge is 2.30. The minimum Gasteiger partial charge on any atom is -0.448 e. The third-order valence-corrected chi connectivity index (χ3v) is 5.56. The Labute approximate surface area is 171 Å². The first-order valence-electron chi connectivity index (χ1n) is 9.95. The summed E-state index contributed by atoms with van der Waals surface area (Å²) in [6.07, 6.45) is -0.405. The smallest absolute Gasteiger partial charge is 0.410 e. The molecule has 1 aliphatic carbocycles. The summed E-state index contributed by atoms with van der Waals surface area (Å²) in [7, 11) is 0. The third kappa shape index (κ3) is 3.89. The summed E-state index contributed by atoms with van der Waals surface area (Å²) in [4.78, 5) is 14.5. The number of hydrogen-bond donors (Lipinski definition) is 1. The number of carbonyl (C=O) groups excluding carboxylic acids is 1. The highest BCUT2D eigenvalue weighted by Crippen LogP contribution is 2.44. The maximum Gasteiger partial charge on any atom is 0.410 e. The van der Waals surface area contributed by atoms with Crippen molar-refractivity contribution in [2.45, 2.75) is 25.4 Å². The molecule has 1 atom stereocenters. The monoisotopic (exact) mass is 387 g/mol. The van der Waals surface area contributed by atoms with Crippen molar-refractivity contribution in [3.8, 4) is 11.1 Å². The van der Waals surface area contributed by atoms with Crippen molar-refractivity contribution >= 4 is 6.09 Å². The average molecular weight is 387 g/mol. The van der Waals surface area contributed by atoms with E-state index in [1.807, 2.05) is 61.5 Å². The molecule has 0 bridgehead atoms. The molecule has 1 N–H and O–H groups in total. The minimum atomic E-state index is -0.405. The summed E-state index contributed by atoms with van der Waals surface area (Å²) in [6, 6.07) is 26.0. The van der Waals surface area contributed by atoms with Crippen molar-refractivity contribution in [2.75, 3.05) is 13.2 Å². The van der Waals surface area contributed by atoms with E-state index in [4.69, 9.17) is 4.74 Å². The van der Waals surface area contributed by atoms with Gasteiger partial charge in [-0.2, -0.15) is 0 Å². The first-order valence-corrected chi connectivity index (χ1v) is 9.95. The highest BCUT2D eigenvalue weighted by atomic mass is 16.6. The Morgan fingerprint density at radius 3 is 2.07 bits per heavy atom. The van der Waals surface area contributed by atoms with Crippen LogP contribution in [-0.2, 0) is 11.3 Å². The molecule has 148 valence electrons. The third-order valence-electron chi connectivity index (χ3n) is 5.56. The molecule has 0 saturated carbocycles. The van der Waals surface area contributed by atoms with Crippen LogP contribution < -0.4 is 0 Å². The van der Waals surface area contributed by atoms with E-state index in [1.54, 1.807) is 4.90 Å². The molecular formula is C25H25NO3. The first kappa shape index (κ1) is 19.2. The van der Waals surface area contributed by atoms with E-state index in [1.165, 1.54) is 22.3 Å². The van der Waals surface area contributed by atoms with Crippen LogP contribution >= 0.6 is 0 Å². The van der Waals surface area contributed by atoms with Gasteiger partial charge in [-0.3, -0.25) is 4.90 Å². The van der Waals surface area contributed by atoms with Crippen LogP contribution in [0.25, 0.3) is 11.1 Å². The van der Waals surface area contributed by atoms with E-state index in [9.17, 15) is 9.90 Å². The molecular weight excluding hydrogens is 362 g/mol. The van der Waals surface area contributed by atoms with Crippen molar-refractivity contribution < 1.29 is 14.6 Å². The van der Waals surface area contributed by atoms with Gasteiger partial charge in [-0.15, -0.1) is 0 Å². The number of hydrogen-bond acceptors (Lipinski definition) is 3. The number of nitrogens with zero attached hydrogens (tertiary/aromatic N) is 1. The van der Waals surface area contributed by atoms with Gasteiger partial charge in [-0.05, 0) is 34.7 Å². The van der Waals surface area contributed by atoms with Gasteiger partial charge in [0.05, 0.1) is 12.6 Å². The lowest BCUT2D eigenvalue weighted by atomic mass is 9.98. The lowest BCUT2D eigenvalue weighted by Crippen LogP contribution is -2.41. The van der Waals surface area contributed by atoms with Crippen LogP contribution in [0, 0.1) is 0 Å². The molecule has 0 unspecified atom stereocenters. The van der Waals surface area contributed by atoms with Gasteiger partial charge in [-0.25, -0.2) is 4.79 Å². The van der Waals surface area contributed by atoms with Crippen LogP contribution in [-0.4, -0.2) is 35.4 Å². The van der Waals surface area contributed by atoms with Crippen LogP contribution in [0.1, 0.15) is 29.5 Å². The van der Waals surface area contributed by atoms with Gasteiger partial charge in [0.1, 0.15) is 6.61 Å². The molecule has 0 aromatic heterocycles. The number of aliphatic hydroxyl groups excluding tert-OH is 1. The van der Waals surface area contributed by atoms with Gasteiger partial charge >= 0.3 is 6.09 Å². The fourth-order valence-corrected chi connectivity index (χ4v) is 3.96. The Bertz CT molecular complexity index is 941. The van der Waals surface area contributed by atoms with Crippen LogP contribution in [0.2, 0.25) is 0 Å². The summed E-state index contributed by atoms with van der Waals surface area (Å²) in [5, 5.41) is 9.62. The minimum absolute atomic E-state index is 0.0226. The Morgan fingerprint density at radius 1 is 0.931 bits per heavy atom. The van der Waals surface area contributed by atoms with Gasteiger partial charge in [-0.1, -0.05) is 78.9 Å². The number of aliphatic hydroxyl groups is 1. The summed E-state index contributed by atoms with van der Waals surface area (Å²) < 4.78 is 5.77. The molecule has 4 nitrogen and oxygen atoms in total. The lowest BCUT2D eigenvalue weighted by molar-refractivity contribution is 0.0683. The Hall–Kier alpha value is -3.11. The molecule has 0 spiro atoms. The summed E-state index contributed by atoms with van der Waals surface area (Å²) in [6.45, 7) is 2.39. The Kier molecular flexibility index (Phi) is 5.63. The van der Waals surface area contributed by atoms with Gasteiger partial charge in [0.25, 0.3) is 0 Å². The number of amides is 1. The molecule has 4 rings (SSSR count). The fraction of sp³-hybridized carbons (Fsp3) is 0.240. The van der Waals surface area contributed by atoms with Crippen molar-refractivity contribution in [3.05, 3.63) is 95.6 Å². The van der Waals surface area contributed by atoms with Gasteiger partial charge in [0.15, 0.2) is 0 Å². The second-order valence-corrected chi connectivity index (χ2v) is 7.45. The molecule has 0 aliphatic heterocycles. The van der Waals surface area contributed by atoms with Crippen molar-refractivity contribution in [2.24, 2.45) is 0 Å². The van der Waals surface area contributed by atoms with E-state index in [-0.39, 0.29) is 25.2 Å². The zero-order chi connectivity index (χ0) is 20.2. The maximum absolute atomic E-state index is 12.9. The van der Waals surface area contributed by atoms with E-state index >= 15 is 0 Å². The van der Waals surface area contributed by atoms with Crippen molar-refractivity contribution in [3.63, 3.8) is 0 Å². The fourth-order valence-electron chi connectivity index (χ4n) is 3.96. The predicted octanol–water partition coefficient (Wildman–Crippen LogP) is 4.82. The zero-order valence-electron chi connectivity index (χ0n) is 16.5. The number of benzene rings is 3. The second-order valence-electron chi connectivity index (χ2n) is 7.45. The van der Waals surface area contributed by atoms with E-state index in [0.29, 0.717) is 6.54 Å². The molecule has 3 aromatic carbocycles. The molecule has 1 aliphatic rings. The quantitative estimate of drug-likeness (QED) is 0.660. The standard InChI is InChI=1S/C25H25NO3/c1-18(16-27)26(15-19-9-3-2-4-10-19)25(28)29-17-24-22-13-7-5-11-20(22)21-12-6-8-14-23(21)24/h2-14,18,24,27H,15-17H2,1H3/t18-/m1/s1. The maximum atomic E-state index is 12.9. The van der Waals surface area contributed by atoms with E-state index in [2.05, 4.69) is 24.3 Å². The van der Waals surface area contributed by atoms with Crippen LogP contribution in [0.4, 0.5) is 4.79 Å². The number of rotatable bonds is 6. The second kappa shape index (κ2) is 8.50. The number of carbonyl (C=O) groups is 1. The van der Waals surface area contributed by atoms with Gasteiger partial charge in [0.2, 0.25) is 0 Å². The Balaban J connectivity index is 1.52. The van der Waals surface area contributed by atoms with Gasteiger partial charge in [0, 0.05) is 12.5 Å². The molecule has 3 aromatic rings. The van der Waals surface area contributed by atoms with E-state index < -0.39 is 6.09 Å². The molecule has 1 amide bonds. The molecule has 29 heavy (non-hydrogen) atoms. The predicted molar refractivity (Wildman–Crippen MR) is 114 cm³/mol. The molecule has 4 heteroatoms. The average Bonchev–Trinajstić information content (AvgIpc) is 3.10. The molecule has 0 radical (unpaired) electrons. The van der Waals surface area contributed by atoms with Crippen molar-refractivity contribution in [1.29, 1.82) is 0 Å². The lowest BCUT2D eigenvalue weighted by Gasteiger charge is -2.28. The molecule has 0 heterocycles. The molecule has 0 saturated heterocycles. The van der Waals surface area contributed by atoms with Crippen LogP contribution in [0.5, 0.6) is 0 Å². The molecule has 0 fully saturated rings. The highest BCUT2D eigenvalue weighted by molar-refractivity contribution is 5.79. The summed E-state index contributed by atoms with van der Waals surface area (Å²) >= 11 is 0. The largest absolute Gasteiger partial charge is 0.448 e. The SMILES string of the molecule is C[C@H](CO)N(Cc1ccccc1)C(=O)OCC1c2ccccc2-c2ccccc21. The van der Waals surface area contributed by atoms with Gasteiger partial charge < -0.3 is 9.84 Å². The van der Waals surface area contributed by atoms with Crippen molar-refractivity contribution in [1.82, 2.24) is 4.90 Å². The topological polar surface area (TPSA) is 49.8 Å². The van der Waals surface area contributed by atoms with E-state index in [0.717, 1.165) is 5.56 Å². The zero-order valence-corrected chi connectivity index (χ0v) is 16.5. The summed E-state index contributed by atoms with van der Waals surface area (Å²) in [5.41, 5.74) is 5.78. The summed E-state index contributed by atoms with van der Waals surface area (Å²) in [5.74, 6) is 0.0226. The Morgan fingerprint density at radius 2 is 1.48 bits per heavy atom. The first-order chi connectivity index (χ1) is 14.2. The van der Waals surface area contributed by atoms with Crippen LogP contribution in [0.3, 0.4) is 0 Å². The van der Waals surface area contributed by atoms with Crippen LogP contribution in [0.15, 0.2) is 78.9 Å². The number of fused-ring (bicyclic) bond motifs is 3. The number of ether oxygens (including phenoxy) is 1. The normalized spacial score (nSPS) is 13.4.